The molecular formula is C14H20FNOS. The van der Waals surface area contributed by atoms with Gasteiger partial charge in [-0.3, -0.25) is 0 Å². The van der Waals surface area contributed by atoms with E-state index in [1.165, 1.54) is 24.6 Å². The molecular weight excluding hydrogens is 249 g/mol. The van der Waals surface area contributed by atoms with E-state index in [2.05, 4.69) is 11.6 Å². The highest BCUT2D eigenvalue weighted by Gasteiger charge is 2.25. The van der Waals surface area contributed by atoms with E-state index in [9.17, 15) is 9.50 Å². The van der Waals surface area contributed by atoms with Gasteiger partial charge in [0.25, 0.3) is 0 Å². The summed E-state index contributed by atoms with van der Waals surface area (Å²) >= 11 is 1.92. The van der Waals surface area contributed by atoms with E-state index in [0.717, 1.165) is 18.1 Å². The molecule has 1 aromatic rings. The van der Waals surface area contributed by atoms with Crippen molar-refractivity contribution in [3.8, 4) is 5.75 Å². The lowest BCUT2D eigenvalue weighted by Gasteiger charge is -2.20. The number of phenolic OH excluding ortho intramolecular Hbond substituents is 1. The first-order valence-electron chi connectivity index (χ1n) is 6.37. The number of hydrogen-bond acceptors (Lipinski definition) is 3. The SMILES string of the molecule is CSC1CCC(NC(C)c2cc(F)ccc2O)C1. The molecule has 1 aliphatic carbocycles. The Morgan fingerprint density at radius 3 is 2.89 bits per heavy atom. The van der Waals surface area contributed by atoms with Crippen LogP contribution in [0.1, 0.15) is 37.8 Å². The second-order valence-electron chi connectivity index (χ2n) is 4.96. The number of rotatable bonds is 4. The van der Waals surface area contributed by atoms with E-state index in [-0.39, 0.29) is 17.6 Å². The molecule has 2 nitrogen and oxygen atoms in total. The molecule has 3 atom stereocenters. The Bertz CT molecular complexity index is 413. The lowest BCUT2D eigenvalue weighted by Crippen LogP contribution is -2.29. The highest BCUT2D eigenvalue weighted by molar-refractivity contribution is 7.99. The van der Waals surface area contributed by atoms with Crippen LogP contribution < -0.4 is 5.32 Å². The first kappa shape index (κ1) is 13.7. The van der Waals surface area contributed by atoms with Gasteiger partial charge in [0.15, 0.2) is 0 Å². The number of hydrogen-bond donors (Lipinski definition) is 2. The molecule has 0 spiro atoms. The van der Waals surface area contributed by atoms with Gasteiger partial charge < -0.3 is 10.4 Å². The molecule has 3 unspecified atom stereocenters. The highest BCUT2D eigenvalue weighted by atomic mass is 32.2. The van der Waals surface area contributed by atoms with Crippen LogP contribution >= 0.6 is 11.8 Å². The molecule has 18 heavy (non-hydrogen) atoms. The normalized spacial score (nSPS) is 25.3. The van der Waals surface area contributed by atoms with E-state index in [4.69, 9.17) is 0 Å². The molecule has 2 N–H and O–H groups in total. The minimum Gasteiger partial charge on any atom is -0.508 e. The van der Waals surface area contributed by atoms with Crippen LogP contribution in [0.2, 0.25) is 0 Å². The van der Waals surface area contributed by atoms with Crippen molar-refractivity contribution in [1.82, 2.24) is 5.32 Å². The second kappa shape index (κ2) is 5.93. The molecule has 0 heterocycles. The lowest BCUT2D eigenvalue weighted by atomic mass is 10.1. The van der Waals surface area contributed by atoms with Crippen molar-refractivity contribution in [2.75, 3.05) is 6.26 Å². The van der Waals surface area contributed by atoms with E-state index >= 15 is 0 Å². The third-order valence-electron chi connectivity index (χ3n) is 3.66. The summed E-state index contributed by atoms with van der Waals surface area (Å²) in [5, 5.41) is 14.0. The Labute approximate surface area is 112 Å². The van der Waals surface area contributed by atoms with Gasteiger partial charge in [-0.1, -0.05) is 0 Å². The molecule has 1 fully saturated rings. The molecule has 0 bridgehead atoms. The zero-order chi connectivity index (χ0) is 13.1. The van der Waals surface area contributed by atoms with Gasteiger partial charge in [-0.15, -0.1) is 0 Å². The van der Waals surface area contributed by atoms with E-state index in [0.29, 0.717) is 11.6 Å². The molecule has 0 amide bonds. The zero-order valence-corrected chi connectivity index (χ0v) is 11.6. The van der Waals surface area contributed by atoms with Crippen molar-refractivity contribution in [2.45, 2.75) is 43.5 Å². The monoisotopic (exact) mass is 269 g/mol. The number of thioether (sulfide) groups is 1. The van der Waals surface area contributed by atoms with Crippen molar-refractivity contribution in [3.63, 3.8) is 0 Å². The predicted molar refractivity (Wildman–Crippen MR) is 74.6 cm³/mol. The topological polar surface area (TPSA) is 32.3 Å². The van der Waals surface area contributed by atoms with Crippen LogP contribution in [-0.4, -0.2) is 22.7 Å². The van der Waals surface area contributed by atoms with Crippen molar-refractivity contribution in [3.05, 3.63) is 29.6 Å². The summed E-state index contributed by atoms with van der Waals surface area (Å²) in [6.07, 6.45) is 5.70. The quantitative estimate of drug-likeness (QED) is 0.878. The summed E-state index contributed by atoms with van der Waals surface area (Å²) < 4.78 is 13.2. The molecule has 1 saturated carbocycles. The smallest absolute Gasteiger partial charge is 0.123 e. The largest absolute Gasteiger partial charge is 0.508 e. The molecule has 1 aromatic carbocycles. The molecule has 0 radical (unpaired) electrons. The maximum absolute atomic E-state index is 13.2. The van der Waals surface area contributed by atoms with E-state index < -0.39 is 0 Å². The Balaban J connectivity index is 1.99. The van der Waals surface area contributed by atoms with Crippen LogP contribution in [0.4, 0.5) is 4.39 Å². The summed E-state index contributed by atoms with van der Waals surface area (Å²) in [4.78, 5) is 0. The Kier molecular flexibility index (Phi) is 4.51. The highest BCUT2D eigenvalue weighted by Crippen LogP contribution is 2.31. The minimum absolute atomic E-state index is 0.0219. The summed E-state index contributed by atoms with van der Waals surface area (Å²) in [5.74, 6) is -0.138. The van der Waals surface area contributed by atoms with Gasteiger partial charge in [-0.25, -0.2) is 4.39 Å². The Morgan fingerprint density at radius 1 is 1.44 bits per heavy atom. The van der Waals surface area contributed by atoms with Crippen molar-refractivity contribution in [1.29, 1.82) is 0 Å². The molecule has 4 heteroatoms. The number of phenols is 1. The van der Waals surface area contributed by atoms with Crippen LogP contribution in [0.15, 0.2) is 18.2 Å². The van der Waals surface area contributed by atoms with Crippen molar-refractivity contribution in [2.24, 2.45) is 0 Å². The standard InChI is InChI=1S/C14H20FNOS/c1-9(13-7-10(15)3-6-14(13)17)16-11-4-5-12(8-11)18-2/h3,6-7,9,11-12,16-17H,4-5,8H2,1-2H3. The van der Waals surface area contributed by atoms with Crippen LogP contribution in [0.25, 0.3) is 0 Å². The maximum Gasteiger partial charge on any atom is 0.123 e. The molecule has 100 valence electrons. The van der Waals surface area contributed by atoms with Crippen molar-refractivity contribution >= 4 is 11.8 Å². The summed E-state index contributed by atoms with van der Waals surface area (Å²) in [6.45, 7) is 1.97. The molecule has 0 aliphatic heterocycles. The fourth-order valence-corrected chi connectivity index (χ4v) is 3.42. The number of aromatic hydroxyl groups is 1. The van der Waals surface area contributed by atoms with Crippen molar-refractivity contribution < 1.29 is 9.50 Å². The summed E-state index contributed by atoms with van der Waals surface area (Å²) in [7, 11) is 0. The lowest BCUT2D eigenvalue weighted by molar-refractivity contribution is 0.424. The molecule has 0 aromatic heterocycles. The van der Waals surface area contributed by atoms with Gasteiger partial charge in [-0.05, 0) is 50.6 Å². The van der Waals surface area contributed by atoms with Crippen LogP contribution in [0.5, 0.6) is 5.75 Å². The fraction of sp³-hybridized carbons (Fsp3) is 0.571. The third kappa shape index (κ3) is 3.18. The van der Waals surface area contributed by atoms with Crippen LogP contribution in [-0.2, 0) is 0 Å². The van der Waals surface area contributed by atoms with Gasteiger partial charge in [0.05, 0.1) is 0 Å². The fourth-order valence-electron chi connectivity index (χ4n) is 2.62. The predicted octanol–water partition coefficient (Wildman–Crippen LogP) is 3.47. The number of benzene rings is 1. The Morgan fingerprint density at radius 2 is 2.22 bits per heavy atom. The average molecular weight is 269 g/mol. The number of halogens is 1. The first-order valence-corrected chi connectivity index (χ1v) is 7.66. The van der Waals surface area contributed by atoms with Crippen LogP contribution in [0.3, 0.4) is 0 Å². The first-order chi connectivity index (χ1) is 8.60. The summed E-state index contributed by atoms with van der Waals surface area (Å²) in [6, 6.07) is 4.56. The molecule has 0 saturated heterocycles. The zero-order valence-electron chi connectivity index (χ0n) is 10.8. The van der Waals surface area contributed by atoms with Gasteiger partial charge in [0.1, 0.15) is 11.6 Å². The Hall–Kier alpha value is -0.740. The van der Waals surface area contributed by atoms with E-state index in [1.54, 1.807) is 0 Å². The van der Waals surface area contributed by atoms with Gasteiger partial charge in [0, 0.05) is 22.9 Å². The molecule has 2 rings (SSSR count). The second-order valence-corrected chi connectivity index (χ2v) is 6.10. The van der Waals surface area contributed by atoms with Gasteiger partial charge in [0.2, 0.25) is 0 Å². The van der Waals surface area contributed by atoms with Gasteiger partial charge >= 0.3 is 0 Å². The summed E-state index contributed by atoms with van der Waals surface area (Å²) in [5.41, 5.74) is 0.641. The van der Waals surface area contributed by atoms with Crippen LogP contribution in [0, 0.1) is 5.82 Å². The van der Waals surface area contributed by atoms with E-state index in [1.807, 2.05) is 18.7 Å². The minimum atomic E-state index is -0.301. The average Bonchev–Trinajstić information content (AvgIpc) is 2.80. The maximum atomic E-state index is 13.2. The molecule has 1 aliphatic rings. The number of nitrogens with one attached hydrogen (secondary N) is 1. The van der Waals surface area contributed by atoms with Gasteiger partial charge in [-0.2, -0.15) is 11.8 Å². The third-order valence-corrected chi connectivity index (χ3v) is 4.75.